The molecular formula is C22H31NO5. The highest BCUT2D eigenvalue weighted by Gasteiger charge is 2.43. The van der Waals surface area contributed by atoms with Crippen molar-refractivity contribution in [1.82, 2.24) is 5.32 Å². The molecule has 0 atom stereocenters. The zero-order chi connectivity index (χ0) is 20.6. The van der Waals surface area contributed by atoms with Crippen molar-refractivity contribution in [1.29, 1.82) is 0 Å². The third-order valence-corrected chi connectivity index (χ3v) is 5.14. The molecule has 0 radical (unpaired) electrons. The lowest BCUT2D eigenvalue weighted by Gasteiger charge is -2.37. The highest BCUT2D eigenvalue weighted by atomic mass is 16.5. The number of hydrogen-bond donors (Lipinski definition) is 1. The number of amides is 1. The summed E-state index contributed by atoms with van der Waals surface area (Å²) in [4.78, 5) is 24.8. The first-order valence-electron chi connectivity index (χ1n) is 9.83. The van der Waals surface area contributed by atoms with Crippen LogP contribution in [0.2, 0.25) is 0 Å². The summed E-state index contributed by atoms with van der Waals surface area (Å²) in [6, 6.07) is 5.49. The van der Waals surface area contributed by atoms with Crippen LogP contribution in [0, 0.1) is 5.92 Å². The van der Waals surface area contributed by atoms with Crippen LogP contribution in [0.5, 0.6) is 11.5 Å². The topological polar surface area (TPSA) is 73.9 Å². The lowest BCUT2D eigenvalue weighted by Crippen LogP contribution is -2.56. The Morgan fingerprint density at radius 3 is 2.54 bits per heavy atom. The second-order valence-electron chi connectivity index (χ2n) is 7.34. The summed E-state index contributed by atoms with van der Waals surface area (Å²) in [6.07, 6.45) is 6.99. The Labute approximate surface area is 167 Å². The van der Waals surface area contributed by atoms with Gasteiger partial charge >= 0.3 is 5.97 Å². The van der Waals surface area contributed by atoms with E-state index in [1.54, 1.807) is 13.2 Å². The van der Waals surface area contributed by atoms with Gasteiger partial charge in [-0.25, -0.2) is 4.79 Å². The quantitative estimate of drug-likeness (QED) is 0.542. The molecule has 0 aliphatic heterocycles. The van der Waals surface area contributed by atoms with Crippen LogP contribution in [0.4, 0.5) is 0 Å². The minimum Gasteiger partial charge on any atom is -0.493 e. The molecule has 28 heavy (non-hydrogen) atoms. The normalized spacial score (nSPS) is 21.9. The first-order chi connectivity index (χ1) is 13.4. The summed E-state index contributed by atoms with van der Waals surface area (Å²) in [5.74, 6) is 1.15. The molecule has 1 saturated carbocycles. The number of rotatable bonds is 8. The Morgan fingerprint density at radius 2 is 1.93 bits per heavy atom. The maximum Gasteiger partial charge on any atom is 0.331 e. The fourth-order valence-corrected chi connectivity index (χ4v) is 3.40. The van der Waals surface area contributed by atoms with E-state index in [-0.39, 0.29) is 11.9 Å². The molecule has 1 aromatic carbocycles. The fraction of sp³-hybridized carbons (Fsp3) is 0.545. The van der Waals surface area contributed by atoms with Gasteiger partial charge < -0.3 is 19.5 Å². The molecule has 0 bridgehead atoms. The number of benzene rings is 1. The lowest BCUT2D eigenvalue weighted by atomic mass is 9.77. The van der Waals surface area contributed by atoms with Gasteiger partial charge in [-0.3, -0.25) is 4.79 Å². The molecule has 2 rings (SSSR count). The van der Waals surface area contributed by atoms with Crippen molar-refractivity contribution in [3.8, 4) is 11.5 Å². The number of carbonyl (C=O) groups excluding carboxylic acids is 2. The molecule has 154 valence electrons. The number of hydrogen-bond acceptors (Lipinski definition) is 5. The minimum atomic E-state index is -0.932. The van der Waals surface area contributed by atoms with Crippen molar-refractivity contribution in [3.63, 3.8) is 0 Å². The predicted molar refractivity (Wildman–Crippen MR) is 108 cm³/mol. The van der Waals surface area contributed by atoms with Crippen LogP contribution >= 0.6 is 0 Å². The van der Waals surface area contributed by atoms with Gasteiger partial charge in [0.25, 0.3) is 0 Å². The Bertz CT molecular complexity index is 705. The maximum atomic E-state index is 12.5. The number of carbonyl (C=O) groups is 2. The molecule has 0 unspecified atom stereocenters. The number of nitrogens with one attached hydrogen (secondary N) is 1. The second-order valence-corrected chi connectivity index (χ2v) is 7.34. The van der Waals surface area contributed by atoms with Crippen molar-refractivity contribution in [2.45, 2.75) is 51.5 Å². The van der Waals surface area contributed by atoms with E-state index in [0.717, 1.165) is 24.8 Å². The average molecular weight is 389 g/mol. The fourth-order valence-electron chi connectivity index (χ4n) is 3.40. The largest absolute Gasteiger partial charge is 0.493 e. The SMILES string of the molecule is CCCOc1ccc(/C=C/C(=O)NC2(C(=O)OC)CCC(C)CC2)cc1OC. The Hall–Kier alpha value is -2.50. The van der Waals surface area contributed by atoms with Gasteiger partial charge in [0.2, 0.25) is 5.91 Å². The molecule has 1 aromatic rings. The zero-order valence-corrected chi connectivity index (χ0v) is 17.2. The molecule has 0 spiro atoms. The van der Waals surface area contributed by atoms with E-state index in [4.69, 9.17) is 14.2 Å². The van der Waals surface area contributed by atoms with Gasteiger partial charge in [-0.2, -0.15) is 0 Å². The number of ether oxygens (including phenoxy) is 3. The van der Waals surface area contributed by atoms with Crippen LogP contribution in [0.25, 0.3) is 6.08 Å². The molecular weight excluding hydrogens is 358 g/mol. The van der Waals surface area contributed by atoms with E-state index in [9.17, 15) is 9.59 Å². The summed E-state index contributed by atoms with van der Waals surface area (Å²) in [5.41, 5.74) is -0.127. The minimum absolute atomic E-state index is 0.315. The smallest absolute Gasteiger partial charge is 0.331 e. The Morgan fingerprint density at radius 1 is 1.21 bits per heavy atom. The van der Waals surface area contributed by atoms with E-state index >= 15 is 0 Å². The van der Waals surface area contributed by atoms with Crippen molar-refractivity contribution in [2.24, 2.45) is 5.92 Å². The standard InChI is InChI=1S/C22H31NO5/c1-5-14-28-18-8-6-17(15-19(18)26-3)7-9-20(24)23-22(21(25)27-4)12-10-16(2)11-13-22/h6-9,15-16H,5,10-14H2,1-4H3,(H,23,24)/b9-7+. The van der Waals surface area contributed by atoms with Crippen molar-refractivity contribution in [2.75, 3.05) is 20.8 Å². The zero-order valence-electron chi connectivity index (χ0n) is 17.2. The van der Waals surface area contributed by atoms with Gasteiger partial charge in [0, 0.05) is 6.08 Å². The van der Waals surface area contributed by atoms with Gasteiger partial charge in [0.1, 0.15) is 5.54 Å². The summed E-state index contributed by atoms with van der Waals surface area (Å²) in [5, 5.41) is 2.89. The molecule has 0 heterocycles. The average Bonchev–Trinajstić information content (AvgIpc) is 2.72. The summed E-state index contributed by atoms with van der Waals surface area (Å²) in [7, 11) is 2.94. The maximum absolute atomic E-state index is 12.5. The van der Waals surface area contributed by atoms with E-state index in [0.29, 0.717) is 36.9 Å². The Kier molecular flexibility index (Phi) is 7.91. The lowest BCUT2D eigenvalue weighted by molar-refractivity contribution is -0.152. The van der Waals surface area contributed by atoms with Crippen LogP contribution in [-0.4, -0.2) is 38.2 Å². The molecule has 1 aliphatic carbocycles. The highest BCUT2D eigenvalue weighted by Crippen LogP contribution is 2.33. The van der Waals surface area contributed by atoms with Gasteiger partial charge in [-0.15, -0.1) is 0 Å². The van der Waals surface area contributed by atoms with E-state index in [1.165, 1.54) is 13.2 Å². The molecule has 1 aliphatic rings. The Balaban J connectivity index is 2.08. The van der Waals surface area contributed by atoms with E-state index in [2.05, 4.69) is 12.2 Å². The molecule has 0 aromatic heterocycles. The van der Waals surface area contributed by atoms with Crippen LogP contribution in [-0.2, 0) is 14.3 Å². The van der Waals surface area contributed by atoms with Crippen molar-refractivity contribution in [3.05, 3.63) is 29.8 Å². The van der Waals surface area contributed by atoms with E-state index in [1.807, 2.05) is 25.1 Å². The third-order valence-electron chi connectivity index (χ3n) is 5.14. The first-order valence-corrected chi connectivity index (χ1v) is 9.83. The predicted octanol–water partition coefficient (Wildman–Crippen LogP) is 3.74. The van der Waals surface area contributed by atoms with Gasteiger partial charge in [0.15, 0.2) is 11.5 Å². The first kappa shape index (κ1) is 21.8. The van der Waals surface area contributed by atoms with Crippen LogP contribution in [0.3, 0.4) is 0 Å². The van der Waals surface area contributed by atoms with Gasteiger partial charge in [-0.05, 0) is 61.8 Å². The van der Waals surface area contributed by atoms with Crippen molar-refractivity contribution >= 4 is 18.0 Å². The van der Waals surface area contributed by atoms with Crippen LogP contribution < -0.4 is 14.8 Å². The molecule has 1 amide bonds. The molecule has 6 heteroatoms. The van der Waals surface area contributed by atoms with Gasteiger partial charge in [-0.1, -0.05) is 19.9 Å². The molecule has 1 fully saturated rings. The highest BCUT2D eigenvalue weighted by molar-refractivity contribution is 5.96. The number of methoxy groups -OCH3 is 2. The molecule has 6 nitrogen and oxygen atoms in total. The summed E-state index contributed by atoms with van der Waals surface area (Å²) in [6.45, 7) is 4.81. The van der Waals surface area contributed by atoms with Crippen LogP contribution in [0.1, 0.15) is 51.5 Å². The molecule has 0 saturated heterocycles. The number of esters is 1. The van der Waals surface area contributed by atoms with Crippen LogP contribution in [0.15, 0.2) is 24.3 Å². The monoisotopic (exact) mass is 389 g/mol. The van der Waals surface area contributed by atoms with Crippen molar-refractivity contribution < 1.29 is 23.8 Å². The summed E-state index contributed by atoms with van der Waals surface area (Å²) >= 11 is 0. The second kappa shape index (κ2) is 10.2. The van der Waals surface area contributed by atoms with Gasteiger partial charge in [0.05, 0.1) is 20.8 Å². The third kappa shape index (κ3) is 5.50. The van der Waals surface area contributed by atoms with E-state index < -0.39 is 5.54 Å². The molecule has 1 N–H and O–H groups in total. The summed E-state index contributed by atoms with van der Waals surface area (Å²) < 4.78 is 16.0.